The van der Waals surface area contributed by atoms with Gasteiger partial charge in [0.2, 0.25) is 0 Å². The molecule has 1 fully saturated rings. The molecular weight excluding hydrogens is 242 g/mol. The van der Waals surface area contributed by atoms with E-state index in [9.17, 15) is 4.79 Å². The van der Waals surface area contributed by atoms with Gasteiger partial charge in [0.05, 0.1) is 17.6 Å². The van der Waals surface area contributed by atoms with Crippen molar-refractivity contribution in [2.45, 2.75) is 25.7 Å². The molecule has 1 aliphatic rings. The van der Waals surface area contributed by atoms with Gasteiger partial charge in [0, 0.05) is 24.5 Å². The molecule has 1 aliphatic carbocycles. The van der Waals surface area contributed by atoms with Gasteiger partial charge in [0.25, 0.3) is 5.91 Å². The Morgan fingerprint density at radius 2 is 1.95 bits per heavy atom. The SMILES string of the molecule is Cc1cnc(C(=O)Nc2nccnc2C2CC2)cn1. The quantitative estimate of drug-likeness (QED) is 0.902. The largest absolute Gasteiger partial charge is 0.304 e. The van der Waals surface area contributed by atoms with E-state index in [2.05, 4.69) is 25.3 Å². The molecule has 0 spiro atoms. The number of amides is 1. The third-order valence-electron chi connectivity index (χ3n) is 2.94. The van der Waals surface area contributed by atoms with Gasteiger partial charge in [-0.05, 0) is 19.8 Å². The van der Waals surface area contributed by atoms with E-state index >= 15 is 0 Å². The molecule has 0 radical (unpaired) electrons. The van der Waals surface area contributed by atoms with Gasteiger partial charge in [0.15, 0.2) is 5.82 Å². The van der Waals surface area contributed by atoms with E-state index in [0.29, 0.717) is 11.7 Å². The lowest BCUT2D eigenvalue weighted by molar-refractivity contribution is 0.102. The molecule has 0 bridgehead atoms. The summed E-state index contributed by atoms with van der Waals surface area (Å²) in [5.74, 6) is 0.639. The predicted molar refractivity (Wildman–Crippen MR) is 68.7 cm³/mol. The van der Waals surface area contributed by atoms with Crippen molar-refractivity contribution < 1.29 is 4.79 Å². The summed E-state index contributed by atoms with van der Waals surface area (Å²) in [5.41, 5.74) is 1.91. The van der Waals surface area contributed by atoms with Crippen LogP contribution >= 0.6 is 0 Å². The molecule has 6 heteroatoms. The Bertz CT molecular complexity index is 607. The van der Waals surface area contributed by atoms with Crippen LogP contribution in [0.4, 0.5) is 5.82 Å². The zero-order valence-electron chi connectivity index (χ0n) is 10.5. The summed E-state index contributed by atoms with van der Waals surface area (Å²) in [7, 11) is 0. The third kappa shape index (κ3) is 2.57. The standard InChI is InChI=1S/C13H13N5O/c1-8-6-17-10(7-16-8)13(19)18-12-11(9-2-3-9)14-4-5-15-12/h4-7,9H,2-3H2,1H3,(H,15,18,19). The monoisotopic (exact) mass is 255 g/mol. The van der Waals surface area contributed by atoms with Gasteiger partial charge in [-0.2, -0.15) is 0 Å². The molecule has 2 aromatic heterocycles. The average molecular weight is 255 g/mol. The van der Waals surface area contributed by atoms with E-state index in [4.69, 9.17) is 0 Å². The fourth-order valence-corrected chi connectivity index (χ4v) is 1.78. The van der Waals surface area contributed by atoms with Crippen molar-refractivity contribution in [3.8, 4) is 0 Å². The number of carbonyl (C=O) groups is 1. The Kier molecular flexibility index (Phi) is 2.91. The van der Waals surface area contributed by atoms with Crippen LogP contribution in [0.3, 0.4) is 0 Å². The van der Waals surface area contributed by atoms with Crippen LogP contribution < -0.4 is 5.32 Å². The van der Waals surface area contributed by atoms with E-state index in [1.807, 2.05) is 6.92 Å². The highest BCUT2D eigenvalue weighted by Gasteiger charge is 2.28. The Balaban J connectivity index is 1.81. The van der Waals surface area contributed by atoms with Gasteiger partial charge in [-0.1, -0.05) is 0 Å². The van der Waals surface area contributed by atoms with Gasteiger partial charge in [-0.25, -0.2) is 9.97 Å². The number of hydrogen-bond donors (Lipinski definition) is 1. The van der Waals surface area contributed by atoms with Crippen LogP contribution in [-0.4, -0.2) is 25.8 Å². The van der Waals surface area contributed by atoms with Crippen molar-refractivity contribution in [3.63, 3.8) is 0 Å². The maximum atomic E-state index is 12.0. The second kappa shape index (κ2) is 4.72. The fourth-order valence-electron chi connectivity index (χ4n) is 1.78. The van der Waals surface area contributed by atoms with Crippen LogP contribution in [0.5, 0.6) is 0 Å². The molecule has 0 aromatic carbocycles. The van der Waals surface area contributed by atoms with Crippen molar-refractivity contribution in [3.05, 3.63) is 41.9 Å². The van der Waals surface area contributed by atoms with E-state index in [0.717, 1.165) is 24.2 Å². The second-order valence-electron chi connectivity index (χ2n) is 4.56. The molecule has 0 aliphatic heterocycles. The molecule has 2 heterocycles. The Hall–Kier alpha value is -2.37. The zero-order chi connectivity index (χ0) is 13.2. The van der Waals surface area contributed by atoms with Gasteiger partial charge < -0.3 is 5.32 Å². The van der Waals surface area contributed by atoms with Crippen LogP contribution in [0.15, 0.2) is 24.8 Å². The molecule has 3 rings (SSSR count). The number of aryl methyl sites for hydroxylation is 1. The summed E-state index contributed by atoms with van der Waals surface area (Å²) < 4.78 is 0. The lowest BCUT2D eigenvalue weighted by atomic mass is 10.2. The fraction of sp³-hybridized carbons (Fsp3) is 0.308. The summed E-state index contributed by atoms with van der Waals surface area (Å²) in [6, 6.07) is 0. The van der Waals surface area contributed by atoms with Crippen molar-refractivity contribution in [2.75, 3.05) is 5.32 Å². The molecule has 1 amide bonds. The van der Waals surface area contributed by atoms with Gasteiger partial charge >= 0.3 is 0 Å². The summed E-state index contributed by atoms with van der Waals surface area (Å²) in [5, 5.41) is 2.75. The number of aromatic nitrogens is 4. The minimum absolute atomic E-state index is 0.276. The molecule has 96 valence electrons. The van der Waals surface area contributed by atoms with Crippen LogP contribution in [-0.2, 0) is 0 Å². The highest BCUT2D eigenvalue weighted by molar-refractivity contribution is 6.02. The van der Waals surface area contributed by atoms with E-state index in [1.165, 1.54) is 6.20 Å². The number of carbonyl (C=O) groups excluding carboxylic acids is 1. The second-order valence-corrected chi connectivity index (χ2v) is 4.56. The number of anilines is 1. The molecule has 6 nitrogen and oxygen atoms in total. The zero-order valence-corrected chi connectivity index (χ0v) is 10.5. The Morgan fingerprint density at radius 1 is 1.16 bits per heavy atom. The van der Waals surface area contributed by atoms with E-state index in [-0.39, 0.29) is 11.6 Å². The lowest BCUT2D eigenvalue weighted by Gasteiger charge is -2.07. The van der Waals surface area contributed by atoms with E-state index < -0.39 is 0 Å². The first-order valence-corrected chi connectivity index (χ1v) is 6.15. The molecule has 19 heavy (non-hydrogen) atoms. The van der Waals surface area contributed by atoms with Crippen LogP contribution in [0.1, 0.15) is 40.6 Å². The third-order valence-corrected chi connectivity index (χ3v) is 2.94. The first-order valence-electron chi connectivity index (χ1n) is 6.15. The van der Waals surface area contributed by atoms with Gasteiger partial charge in [-0.15, -0.1) is 0 Å². The first kappa shape index (κ1) is 11.7. The molecule has 1 N–H and O–H groups in total. The normalized spacial score (nSPS) is 14.2. The molecule has 0 saturated heterocycles. The molecule has 0 atom stereocenters. The summed E-state index contributed by atoms with van der Waals surface area (Å²) in [6.07, 6.45) is 8.44. The molecule has 0 unspecified atom stereocenters. The van der Waals surface area contributed by atoms with Crippen LogP contribution in [0.2, 0.25) is 0 Å². The number of nitrogens with one attached hydrogen (secondary N) is 1. The molecule has 1 saturated carbocycles. The van der Waals surface area contributed by atoms with Crippen LogP contribution in [0.25, 0.3) is 0 Å². The van der Waals surface area contributed by atoms with Crippen molar-refractivity contribution >= 4 is 11.7 Å². The Morgan fingerprint density at radius 3 is 2.63 bits per heavy atom. The summed E-state index contributed by atoms with van der Waals surface area (Å²) >= 11 is 0. The predicted octanol–water partition coefficient (Wildman–Crippen LogP) is 1.70. The van der Waals surface area contributed by atoms with Gasteiger partial charge in [-0.3, -0.25) is 14.8 Å². The Labute approximate surface area is 110 Å². The smallest absolute Gasteiger partial charge is 0.277 e. The molecule has 2 aromatic rings. The molecular formula is C13H13N5O. The summed E-state index contributed by atoms with van der Waals surface area (Å²) in [6.45, 7) is 1.82. The van der Waals surface area contributed by atoms with Gasteiger partial charge in [0.1, 0.15) is 5.69 Å². The van der Waals surface area contributed by atoms with Crippen molar-refractivity contribution in [1.82, 2.24) is 19.9 Å². The van der Waals surface area contributed by atoms with Crippen molar-refractivity contribution in [1.29, 1.82) is 0 Å². The summed E-state index contributed by atoms with van der Waals surface area (Å²) in [4.78, 5) is 28.6. The highest BCUT2D eigenvalue weighted by atomic mass is 16.1. The topological polar surface area (TPSA) is 80.7 Å². The van der Waals surface area contributed by atoms with Crippen LogP contribution in [0, 0.1) is 6.92 Å². The number of hydrogen-bond acceptors (Lipinski definition) is 5. The highest BCUT2D eigenvalue weighted by Crippen LogP contribution is 2.41. The number of nitrogens with zero attached hydrogens (tertiary/aromatic N) is 4. The average Bonchev–Trinajstić information content (AvgIpc) is 3.24. The maximum Gasteiger partial charge on any atom is 0.277 e. The number of rotatable bonds is 3. The minimum atomic E-state index is -0.310. The minimum Gasteiger partial charge on any atom is -0.304 e. The lowest BCUT2D eigenvalue weighted by Crippen LogP contribution is -2.16. The van der Waals surface area contributed by atoms with E-state index in [1.54, 1.807) is 18.6 Å². The first-order chi connectivity index (χ1) is 9.24. The van der Waals surface area contributed by atoms with Crippen molar-refractivity contribution in [2.24, 2.45) is 0 Å². The maximum absolute atomic E-state index is 12.0.